The molecule has 0 radical (unpaired) electrons. The summed E-state index contributed by atoms with van der Waals surface area (Å²) in [5.41, 5.74) is 2.30. The van der Waals surface area contributed by atoms with Gasteiger partial charge in [-0.25, -0.2) is 0 Å². The molecule has 1 aliphatic heterocycles. The zero-order valence-electron chi connectivity index (χ0n) is 16.1. The van der Waals surface area contributed by atoms with Crippen LogP contribution in [0.25, 0.3) is 11.3 Å². The summed E-state index contributed by atoms with van der Waals surface area (Å²) in [5.74, 6) is 1.56. The molecular weight excluding hydrogens is 388 g/mol. The van der Waals surface area contributed by atoms with Gasteiger partial charge in [-0.3, -0.25) is 4.79 Å². The van der Waals surface area contributed by atoms with Crippen molar-refractivity contribution >= 4 is 23.3 Å². The first kappa shape index (κ1) is 19.2. The number of piperazine rings is 1. The summed E-state index contributed by atoms with van der Waals surface area (Å²) in [7, 11) is 1.64. The summed E-state index contributed by atoms with van der Waals surface area (Å²) >= 11 is 6.16. The fraction of sp³-hybridized carbons (Fsp3) is 0.227. The van der Waals surface area contributed by atoms with Crippen molar-refractivity contribution in [2.75, 3.05) is 38.2 Å². The Balaban J connectivity index is 1.41. The van der Waals surface area contributed by atoms with E-state index in [0.717, 1.165) is 22.8 Å². The van der Waals surface area contributed by atoms with Crippen LogP contribution in [0.3, 0.4) is 0 Å². The SMILES string of the molecule is COc1cccc(-c2ccc(N3CCN(C(=O)c4ccccc4Cl)CC3)nn2)c1. The Bertz CT molecular complexity index is 1000. The predicted molar refractivity (Wildman–Crippen MR) is 114 cm³/mol. The highest BCUT2D eigenvalue weighted by Gasteiger charge is 2.24. The number of carbonyl (C=O) groups is 1. The zero-order chi connectivity index (χ0) is 20.2. The maximum Gasteiger partial charge on any atom is 0.255 e. The second kappa shape index (κ2) is 8.49. The van der Waals surface area contributed by atoms with Crippen molar-refractivity contribution in [1.29, 1.82) is 0 Å². The second-order valence-electron chi connectivity index (χ2n) is 6.77. The van der Waals surface area contributed by atoms with Crippen molar-refractivity contribution in [3.05, 3.63) is 71.2 Å². The number of carbonyl (C=O) groups excluding carboxylic acids is 1. The topological polar surface area (TPSA) is 58.6 Å². The molecule has 148 valence electrons. The monoisotopic (exact) mass is 408 g/mol. The van der Waals surface area contributed by atoms with Gasteiger partial charge in [0.2, 0.25) is 0 Å². The molecule has 0 saturated carbocycles. The van der Waals surface area contributed by atoms with E-state index < -0.39 is 0 Å². The van der Waals surface area contributed by atoms with Crippen LogP contribution in [0.5, 0.6) is 5.75 Å². The van der Waals surface area contributed by atoms with Crippen LogP contribution in [-0.4, -0.2) is 54.3 Å². The molecule has 0 bridgehead atoms. The van der Waals surface area contributed by atoms with Crippen LogP contribution >= 0.6 is 11.6 Å². The molecule has 4 rings (SSSR count). The molecule has 29 heavy (non-hydrogen) atoms. The van der Waals surface area contributed by atoms with E-state index in [1.54, 1.807) is 19.2 Å². The van der Waals surface area contributed by atoms with Crippen LogP contribution in [-0.2, 0) is 0 Å². The first-order chi connectivity index (χ1) is 14.2. The van der Waals surface area contributed by atoms with E-state index >= 15 is 0 Å². The Morgan fingerprint density at radius 3 is 2.45 bits per heavy atom. The number of benzene rings is 2. The summed E-state index contributed by atoms with van der Waals surface area (Å²) < 4.78 is 5.27. The molecule has 0 aliphatic carbocycles. The minimum absolute atomic E-state index is 0.0327. The van der Waals surface area contributed by atoms with Crippen LogP contribution in [0.2, 0.25) is 5.02 Å². The van der Waals surface area contributed by atoms with Gasteiger partial charge in [0.25, 0.3) is 5.91 Å². The van der Waals surface area contributed by atoms with E-state index in [9.17, 15) is 4.79 Å². The number of halogens is 1. The molecule has 7 heteroatoms. The quantitative estimate of drug-likeness (QED) is 0.657. The molecule has 2 aromatic carbocycles. The number of hydrogen-bond acceptors (Lipinski definition) is 5. The first-order valence-electron chi connectivity index (χ1n) is 9.42. The first-order valence-corrected chi connectivity index (χ1v) is 9.80. The molecule has 2 heterocycles. The summed E-state index contributed by atoms with van der Waals surface area (Å²) in [5, 5.41) is 9.24. The molecule has 0 unspecified atom stereocenters. The molecule has 0 spiro atoms. The van der Waals surface area contributed by atoms with Crippen molar-refractivity contribution in [3.63, 3.8) is 0 Å². The molecule has 1 fully saturated rings. The summed E-state index contributed by atoms with van der Waals surface area (Å²) in [6.45, 7) is 2.62. The molecule has 0 atom stereocenters. The lowest BCUT2D eigenvalue weighted by atomic mass is 10.1. The van der Waals surface area contributed by atoms with Gasteiger partial charge >= 0.3 is 0 Å². The Labute approximate surface area is 174 Å². The van der Waals surface area contributed by atoms with Gasteiger partial charge in [-0.1, -0.05) is 35.9 Å². The van der Waals surface area contributed by atoms with Gasteiger partial charge in [0, 0.05) is 31.7 Å². The Hall–Kier alpha value is -3.12. The molecule has 3 aromatic rings. The molecular formula is C22H21ClN4O2. The van der Waals surface area contributed by atoms with Crippen molar-refractivity contribution in [2.24, 2.45) is 0 Å². The van der Waals surface area contributed by atoms with Gasteiger partial charge in [0.05, 0.1) is 23.4 Å². The average Bonchev–Trinajstić information content (AvgIpc) is 2.79. The Kier molecular flexibility index (Phi) is 5.62. The summed E-state index contributed by atoms with van der Waals surface area (Å²) in [6, 6.07) is 18.8. The van der Waals surface area contributed by atoms with Crippen LogP contribution in [0.4, 0.5) is 5.82 Å². The van der Waals surface area contributed by atoms with Crippen molar-refractivity contribution in [1.82, 2.24) is 15.1 Å². The highest BCUT2D eigenvalue weighted by Crippen LogP contribution is 2.24. The van der Waals surface area contributed by atoms with Gasteiger partial charge < -0.3 is 14.5 Å². The maximum atomic E-state index is 12.7. The number of amides is 1. The van der Waals surface area contributed by atoms with E-state index in [2.05, 4.69) is 15.1 Å². The number of rotatable bonds is 4. The number of anilines is 1. The van der Waals surface area contributed by atoms with Gasteiger partial charge in [-0.2, -0.15) is 0 Å². The average molecular weight is 409 g/mol. The minimum atomic E-state index is -0.0327. The lowest BCUT2D eigenvalue weighted by Gasteiger charge is -2.35. The minimum Gasteiger partial charge on any atom is -0.497 e. The fourth-order valence-corrected chi connectivity index (χ4v) is 3.59. The van der Waals surface area contributed by atoms with E-state index in [0.29, 0.717) is 36.8 Å². The molecule has 1 saturated heterocycles. The molecule has 0 N–H and O–H groups in total. The third-order valence-electron chi connectivity index (χ3n) is 5.01. The van der Waals surface area contributed by atoms with Crippen molar-refractivity contribution in [3.8, 4) is 17.0 Å². The second-order valence-corrected chi connectivity index (χ2v) is 7.18. The van der Waals surface area contributed by atoms with Crippen LogP contribution in [0.15, 0.2) is 60.7 Å². The molecule has 1 aromatic heterocycles. The number of ether oxygens (including phenoxy) is 1. The third-order valence-corrected chi connectivity index (χ3v) is 5.34. The van der Waals surface area contributed by atoms with Crippen molar-refractivity contribution < 1.29 is 9.53 Å². The van der Waals surface area contributed by atoms with Gasteiger partial charge in [-0.05, 0) is 36.4 Å². The largest absolute Gasteiger partial charge is 0.497 e. The lowest BCUT2D eigenvalue weighted by Crippen LogP contribution is -2.49. The lowest BCUT2D eigenvalue weighted by molar-refractivity contribution is 0.0746. The number of aromatic nitrogens is 2. The van der Waals surface area contributed by atoms with E-state index in [1.165, 1.54) is 0 Å². The highest BCUT2D eigenvalue weighted by atomic mass is 35.5. The summed E-state index contributed by atoms with van der Waals surface area (Å²) in [6.07, 6.45) is 0. The number of methoxy groups -OCH3 is 1. The van der Waals surface area contributed by atoms with Crippen LogP contribution in [0, 0.1) is 0 Å². The normalized spacial score (nSPS) is 14.0. The Morgan fingerprint density at radius 1 is 0.966 bits per heavy atom. The molecule has 6 nitrogen and oxygen atoms in total. The standard InChI is InChI=1S/C22H21ClN4O2/c1-29-17-6-4-5-16(15-17)20-9-10-21(25-24-20)26-11-13-27(14-12-26)22(28)18-7-2-3-8-19(18)23/h2-10,15H,11-14H2,1H3. The zero-order valence-corrected chi connectivity index (χ0v) is 16.8. The van der Waals surface area contributed by atoms with Crippen molar-refractivity contribution in [2.45, 2.75) is 0 Å². The van der Waals surface area contributed by atoms with E-state index in [1.807, 2.05) is 53.4 Å². The van der Waals surface area contributed by atoms with Gasteiger partial charge in [0.1, 0.15) is 5.75 Å². The number of hydrogen-bond donors (Lipinski definition) is 0. The smallest absolute Gasteiger partial charge is 0.255 e. The Morgan fingerprint density at radius 2 is 1.76 bits per heavy atom. The molecule has 1 aliphatic rings. The van der Waals surface area contributed by atoms with Gasteiger partial charge in [-0.15, -0.1) is 10.2 Å². The molecule has 1 amide bonds. The van der Waals surface area contributed by atoms with E-state index in [4.69, 9.17) is 16.3 Å². The number of nitrogens with zero attached hydrogens (tertiary/aromatic N) is 4. The van der Waals surface area contributed by atoms with Gasteiger partial charge in [0.15, 0.2) is 5.82 Å². The maximum absolute atomic E-state index is 12.7. The van der Waals surface area contributed by atoms with Crippen LogP contribution in [0.1, 0.15) is 10.4 Å². The highest BCUT2D eigenvalue weighted by molar-refractivity contribution is 6.33. The summed E-state index contributed by atoms with van der Waals surface area (Å²) in [4.78, 5) is 16.7. The van der Waals surface area contributed by atoms with E-state index in [-0.39, 0.29) is 5.91 Å². The predicted octanol–water partition coefficient (Wildman–Crippen LogP) is 3.77. The fourth-order valence-electron chi connectivity index (χ4n) is 3.37. The van der Waals surface area contributed by atoms with Crippen LogP contribution < -0.4 is 9.64 Å². The third kappa shape index (κ3) is 4.17.